The van der Waals surface area contributed by atoms with Crippen LogP contribution in [0.1, 0.15) is 25.3 Å². The van der Waals surface area contributed by atoms with E-state index in [1.807, 2.05) is 13.2 Å². The van der Waals surface area contributed by atoms with Crippen LogP contribution in [0.2, 0.25) is 0 Å². The van der Waals surface area contributed by atoms with Crippen molar-refractivity contribution < 1.29 is 0 Å². The van der Waals surface area contributed by atoms with Crippen molar-refractivity contribution in [1.29, 1.82) is 0 Å². The van der Waals surface area contributed by atoms with Crippen LogP contribution in [0.4, 0.5) is 0 Å². The number of aliphatic imine (C=N–C) groups is 1. The van der Waals surface area contributed by atoms with E-state index in [4.69, 9.17) is 5.73 Å². The fraction of sp³-hybridized carbons (Fsp3) is 0.600. The topological polar surface area (TPSA) is 68.2 Å². The summed E-state index contributed by atoms with van der Waals surface area (Å²) >= 11 is 0. The Bertz CT molecular complexity index is 321. The zero-order valence-corrected chi connectivity index (χ0v) is 12.1. The van der Waals surface area contributed by atoms with Crippen LogP contribution in [0.15, 0.2) is 17.4 Å². The molecule has 6 heteroatoms. The molecule has 0 aliphatic heterocycles. The molecule has 0 radical (unpaired) electrons. The van der Waals surface area contributed by atoms with Crippen molar-refractivity contribution in [3.63, 3.8) is 0 Å². The molecule has 3 N–H and O–H groups in total. The Hall–Kier alpha value is -0.790. The zero-order valence-electron chi connectivity index (χ0n) is 9.81. The summed E-state index contributed by atoms with van der Waals surface area (Å²) in [6.45, 7) is 3.61. The Kier molecular flexibility index (Phi) is 7.96. The van der Waals surface area contributed by atoms with Gasteiger partial charge >= 0.3 is 0 Å². The summed E-state index contributed by atoms with van der Waals surface area (Å²) in [4.78, 5) is 4.21. The van der Waals surface area contributed by atoms with E-state index in [2.05, 4.69) is 22.3 Å². The monoisotopic (exact) mass is 337 g/mol. The Labute approximate surface area is 114 Å². The molecule has 0 saturated heterocycles. The molecule has 0 atom stereocenters. The van der Waals surface area contributed by atoms with Crippen LogP contribution in [0.3, 0.4) is 0 Å². The van der Waals surface area contributed by atoms with Crippen molar-refractivity contribution >= 4 is 29.9 Å². The van der Waals surface area contributed by atoms with Crippen molar-refractivity contribution in [3.05, 3.63) is 18.0 Å². The number of nitrogens with one attached hydrogen (secondary N) is 1. The molecule has 0 aliphatic rings. The summed E-state index contributed by atoms with van der Waals surface area (Å²) in [5.41, 5.74) is 6.75. The van der Waals surface area contributed by atoms with Gasteiger partial charge in [-0.1, -0.05) is 13.3 Å². The van der Waals surface area contributed by atoms with Crippen molar-refractivity contribution in [2.75, 3.05) is 6.54 Å². The van der Waals surface area contributed by atoms with Gasteiger partial charge in [-0.3, -0.25) is 4.68 Å². The second kappa shape index (κ2) is 8.37. The number of nitrogens with zero attached hydrogens (tertiary/aromatic N) is 3. The van der Waals surface area contributed by atoms with E-state index in [0.29, 0.717) is 12.5 Å². The summed E-state index contributed by atoms with van der Waals surface area (Å²) in [7, 11) is 1.88. The lowest BCUT2D eigenvalue weighted by Gasteiger charge is -2.03. The van der Waals surface area contributed by atoms with Crippen molar-refractivity contribution in [2.24, 2.45) is 17.8 Å². The summed E-state index contributed by atoms with van der Waals surface area (Å²) in [5.74, 6) is 0.507. The van der Waals surface area contributed by atoms with Gasteiger partial charge in [0.05, 0.1) is 12.7 Å². The third kappa shape index (κ3) is 5.94. The average molecular weight is 337 g/mol. The third-order valence-electron chi connectivity index (χ3n) is 2.03. The Morgan fingerprint density at radius 2 is 2.38 bits per heavy atom. The Morgan fingerprint density at radius 1 is 1.62 bits per heavy atom. The Morgan fingerprint density at radius 3 is 2.94 bits per heavy atom. The third-order valence-corrected chi connectivity index (χ3v) is 2.03. The molecule has 0 unspecified atom stereocenters. The van der Waals surface area contributed by atoms with Crippen LogP contribution < -0.4 is 11.1 Å². The average Bonchev–Trinajstić information content (AvgIpc) is 2.62. The molecule has 0 aromatic carbocycles. The van der Waals surface area contributed by atoms with E-state index < -0.39 is 0 Å². The van der Waals surface area contributed by atoms with Crippen LogP contribution >= 0.6 is 24.0 Å². The number of guanidine groups is 1. The van der Waals surface area contributed by atoms with Crippen molar-refractivity contribution in [3.8, 4) is 0 Å². The first-order chi connectivity index (χ1) is 7.22. The minimum atomic E-state index is 0. The first-order valence-corrected chi connectivity index (χ1v) is 5.23. The van der Waals surface area contributed by atoms with Gasteiger partial charge in [0.2, 0.25) is 0 Å². The second-order valence-electron chi connectivity index (χ2n) is 3.50. The van der Waals surface area contributed by atoms with Crippen LogP contribution in [0, 0.1) is 0 Å². The molecule has 1 aromatic heterocycles. The summed E-state index contributed by atoms with van der Waals surface area (Å²) in [6, 6.07) is 0. The van der Waals surface area contributed by atoms with E-state index in [-0.39, 0.29) is 24.0 Å². The molecule has 0 aliphatic carbocycles. The van der Waals surface area contributed by atoms with Crippen LogP contribution in [0.5, 0.6) is 0 Å². The molecule has 16 heavy (non-hydrogen) atoms. The van der Waals surface area contributed by atoms with Gasteiger partial charge in [0.25, 0.3) is 0 Å². The first-order valence-electron chi connectivity index (χ1n) is 5.23. The lowest BCUT2D eigenvalue weighted by Crippen LogP contribution is -2.32. The summed E-state index contributed by atoms with van der Waals surface area (Å²) in [6.07, 6.45) is 6.00. The molecule has 1 heterocycles. The van der Waals surface area contributed by atoms with Gasteiger partial charge in [-0.15, -0.1) is 24.0 Å². The molecule has 0 fully saturated rings. The lowest BCUT2D eigenvalue weighted by atomic mass is 10.3. The largest absolute Gasteiger partial charge is 0.370 e. The van der Waals surface area contributed by atoms with Gasteiger partial charge in [0, 0.05) is 25.4 Å². The van der Waals surface area contributed by atoms with E-state index >= 15 is 0 Å². The van der Waals surface area contributed by atoms with E-state index in [1.165, 1.54) is 0 Å². The molecule has 5 nitrogen and oxygen atoms in total. The van der Waals surface area contributed by atoms with Gasteiger partial charge < -0.3 is 11.1 Å². The maximum atomic E-state index is 5.68. The first kappa shape index (κ1) is 15.2. The minimum absolute atomic E-state index is 0. The predicted octanol–water partition coefficient (Wildman–Crippen LogP) is 1.24. The number of hydrogen-bond donors (Lipinski definition) is 2. The summed E-state index contributed by atoms with van der Waals surface area (Å²) in [5, 5.41) is 7.12. The van der Waals surface area contributed by atoms with Crippen molar-refractivity contribution in [2.45, 2.75) is 26.3 Å². The van der Waals surface area contributed by atoms with Gasteiger partial charge in [-0.25, -0.2) is 4.99 Å². The van der Waals surface area contributed by atoms with Crippen LogP contribution in [-0.2, 0) is 13.6 Å². The maximum absolute atomic E-state index is 5.68. The second-order valence-corrected chi connectivity index (χ2v) is 3.50. The molecule has 1 aromatic rings. The number of aryl methyl sites for hydroxylation is 1. The summed E-state index contributed by atoms with van der Waals surface area (Å²) < 4.78 is 1.76. The minimum Gasteiger partial charge on any atom is -0.370 e. The highest BCUT2D eigenvalue weighted by Gasteiger charge is 1.95. The number of unbranched alkanes of at least 4 members (excludes halogenated alkanes) is 1. The molecular formula is C10H20IN5. The number of nitrogens with two attached hydrogens (primary N) is 1. The quantitative estimate of drug-likeness (QED) is 0.368. The zero-order chi connectivity index (χ0) is 11.1. The lowest BCUT2D eigenvalue weighted by molar-refractivity contribution is 0.748. The highest BCUT2D eigenvalue weighted by molar-refractivity contribution is 14.0. The molecule has 92 valence electrons. The van der Waals surface area contributed by atoms with E-state index in [1.54, 1.807) is 10.9 Å². The molecule has 1 rings (SSSR count). The van der Waals surface area contributed by atoms with E-state index in [9.17, 15) is 0 Å². The maximum Gasteiger partial charge on any atom is 0.188 e. The van der Waals surface area contributed by atoms with Gasteiger partial charge in [-0.2, -0.15) is 5.10 Å². The highest BCUT2D eigenvalue weighted by atomic mass is 127. The Balaban J connectivity index is 0.00000225. The fourth-order valence-electron chi connectivity index (χ4n) is 1.18. The van der Waals surface area contributed by atoms with Gasteiger partial charge in [0.15, 0.2) is 5.96 Å². The molecule has 0 amide bonds. The molecule has 0 saturated carbocycles. The molecule has 0 spiro atoms. The fourth-order valence-corrected chi connectivity index (χ4v) is 1.18. The molecular weight excluding hydrogens is 317 g/mol. The molecule has 0 bridgehead atoms. The normalized spacial score (nSPS) is 11.0. The number of hydrogen-bond acceptors (Lipinski definition) is 2. The number of halogens is 1. The SMILES string of the molecule is CCCCNC(N)=NCc1cnn(C)c1.I. The van der Waals surface area contributed by atoms with Gasteiger partial charge in [0.1, 0.15) is 0 Å². The standard InChI is InChI=1S/C10H19N5.HI/c1-3-4-5-12-10(11)13-6-9-7-14-15(2)8-9;/h7-8H,3-6H2,1-2H3,(H3,11,12,13);1H. The van der Waals surface area contributed by atoms with Crippen LogP contribution in [-0.4, -0.2) is 22.3 Å². The van der Waals surface area contributed by atoms with Crippen LogP contribution in [0.25, 0.3) is 0 Å². The smallest absolute Gasteiger partial charge is 0.188 e. The predicted molar refractivity (Wildman–Crippen MR) is 76.9 cm³/mol. The van der Waals surface area contributed by atoms with Gasteiger partial charge in [-0.05, 0) is 6.42 Å². The number of rotatable bonds is 5. The highest BCUT2D eigenvalue weighted by Crippen LogP contribution is 1.97. The van der Waals surface area contributed by atoms with E-state index in [0.717, 1.165) is 24.9 Å². The number of aromatic nitrogens is 2. The van der Waals surface area contributed by atoms with Crippen molar-refractivity contribution in [1.82, 2.24) is 15.1 Å².